The Morgan fingerprint density at radius 1 is 0.682 bits per heavy atom. The quantitative estimate of drug-likeness (QED) is 0.181. The summed E-state index contributed by atoms with van der Waals surface area (Å²) < 4.78 is 0. The van der Waals surface area contributed by atoms with Gasteiger partial charge in [0.2, 0.25) is 0 Å². The molecule has 2 nitrogen and oxygen atoms in total. The lowest BCUT2D eigenvalue weighted by Crippen LogP contribution is -2.64. The van der Waals surface area contributed by atoms with Crippen molar-refractivity contribution >= 4 is 22.6 Å². The Morgan fingerprint density at radius 3 is 1.86 bits per heavy atom. The van der Waals surface area contributed by atoms with E-state index in [0.29, 0.717) is 0 Å². The van der Waals surface area contributed by atoms with E-state index in [-0.39, 0.29) is 5.78 Å². The van der Waals surface area contributed by atoms with Crippen molar-refractivity contribution in [3.8, 4) is 0 Å². The van der Waals surface area contributed by atoms with Gasteiger partial charge in [-0.25, -0.2) is 0 Å². The summed E-state index contributed by atoms with van der Waals surface area (Å²) in [5, 5.41) is 0. The second kappa shape index (κ2) is 11.3. The van der Waals surface area contributed by atoms with Gasteiger partial charge in [0.15, 0.2) is 5.78 Å². The predicted molar refractivity (Wildman–Crippen MR) is 183 cm³/mol. The minimum Gasteiger partial charge on any atom is -0.360 e. The van der Waals surface area contributed by atoms with Crippen LogP contribution in [0.25, 0.3) is 11.1 Å². The average molecular weight is 572 g/mol. The number of carbonyl (C=O) groups excluding carboxylic acids is 1. The van der Waals surface area contributed by atoms with Crippen molar-refractivity contribution in [3.63, 3.8) is 0 Å². The summed E-state index contributed by atoms with van der Waals surface area (Å²) >= 11 is 0. The minimum atomic E-state index is -0.695. The topological polar surface area (TPSA) is 20.3 Å². The Balaban J connectivity index is 1.59. The van der Waals surface area contributed by atoms with Gasteiger partial charge < -0.3 is 4.90 Å². The van der Waals surface area contributed by atoms with Crippen LogP contribution in [-0.2, 0) is 11.8 Å². The van der Waals surface area contributed by atoms with E-state index >= 15 is 4.79 Å². The number of allylic oxidation sites excluding steroid dienone is 2. The number of fused-ring (bicyclic) bond motifs is 1. The third kappa shape index (κ3) is 4.36. The fourth-order valence-corrected chi connectivity index (χ4v) is 7.91. The Labute approximate surface area is 261 Å². The van der Waals surface area contributed by atoms with Crippen LogP contribution in [0.3, 0.4) is 0 Å². The molecule has 2 aliphatic rings. The molecule has 1 spiro atoms. The number of para-hydroxylation sites is 1. The maximum Gasteiger partial charge on any atom is 0.173 e. The van der Waals surface area contributed by atoms with Crippen molar-refractivity contribution in [1.29, 1.82) is 0 Å². The lowest BCUT2D eigenvalue weighted by Gasteiger charge is -2.54. The standard InChI is InChI=1S/C42H37NO/c1-3-43-38-27-17-16-26-37(38)41(2,29-31-18-8-4-9-19-31)42(43)30-35(32-20-10-5-11-21-32)28-36(33-22-12-6-13-23-33)39(42)40(44)34-24-14-7-15-25-34/h4-28,30,39H,3,29H2,1-2H3/t39-,41+,42-/m1/s1. The monoisotopic (exact) mass is 571 g/mol. The van der Waals surface area contributed by atoms with Crippen LogP contribution < -0.4 is 4.90 Å². The number of benzene rings is 5. The molecular formula is C42H37NO. The number of likely N-dealkylation sites (N-methyl/N-ethyl adjacent to an activating group) is 1. The number of rotatable bonds is 7. The third-order valence-corrected chi connectivity index (χ3v) is 9.81. The van der Waals surface area contributed by atoms with Crippen molar-refractivity contribution < 1.29 is 4.79 Å². The first-order chi connectivity index (χ1) is 21.6. The van der Waals surface area contributed by atoms with Crippen molar-refractivity contribution in [2.45, 2.75) is 31.2 Å². The van der Waals surface area contributed by atoms with Crippen LogP contribution in [0.2, 0.25) is 0 Å². The van der Waals surface area contributed by atoms with Crippen molar-refractivity contribution in [2.24, 2.45) is 5.92 Å². The highest BCUT2D eigenvalue weighted by Crippen LogP contribution is 2.62. The van der Waals surface area contributed by atoms with Crippen LogP contribution in [-0.4, -0.2) is 17.9 Å². The zero-order chi connectivity index (χ0) is 30.1. The Bertz CT molecular complexity index is 1840. The molecule has 5 aromatic rings. The maximum atomic E-state index is 15.2. The van der Waals surface area contributed by atoms with E-state index in [0.717, 1.165) is 40.8 Å². The van der Waals surface area contributed by atoms with Gasteiger partial charge in [0.05, 0.1) is 11.5 Å². The maximum absolute atomic E-state index is 15.2. The highest BCUT2D eigenvalue weighted by Gasteiger charge is 2.64. The van der Waals surface area contributed by atoms with E-state index in [4.69, 9.17) is 0 Å². The highest BCUT2D eigenvalue weighted by atomic mass is 16.1. The predicted octanol–water partition coefficient (Wildman–Crippen LogP) is 9.45. The summed E-state index contributed by atoms with van der Waals surface area (Å²) in [6.45, 7) is 5.39. The molecule has 1 aliphatic carbocycles. The zero-order valence-corrected chi connectivity index (χ0v) is 25.4. The lowest BCUT2D eigenvalue weighted by atomic mass is 9.54. The number of hydrogen-bond acceptors (Lipinski definition) is 2. The molecule has 1 heterocycles. The van der Waals surface area contributed by atoms with E-state index in [1.54, 1.807) is 0 Å². The van der Waals surface area contributed by atoms with Gasteiger partial charge in [-0.05, 0) is 65.0 Å². The van der Waals surface area contributed by atoms with Gasteiger partial charge in [0, 0.05) is 23.2 Å². The van der Waals surface area contributed by atoms with E-state index in [1.165, 1.54) is 16.8 Å². The van der Waals surface area contributed by atoms with Crippen molar-refractivity contribution in [3.05, 3.63) is 186 Å². The molecule has 44 heavy (non-hydrogen) atoms. The van der Waals surface area contributed by atoms with E-state index in [1.807, 2.05) is 36.4 Å². The molecule has 2 heteroatoms. The van der Waals surface area contributed by atoms with Gasteiger partial charge in [0.1, 0.15) is 0 Å². The largest absolute Gasteiger partial charge is 0.360 e. The molecule has 216 valence electrons. The van der Waals surface area contributed by atoms with Gasteiger partial charge in [-0.2, -0.15) is 0 Å². The van der Waals surface area contributed by atoms with E-state index in [2.05, 4.69) is 140 Å². The molecule has 0 aromatic heterocycles. The van der Waals surface area contributed by atoms with Crippen LogP contribution in [0.5, 0.6) is 0 Å². The molecule has 0 saturated carbocycles. The molecule has 0 bridgehead atoms. The minimum absolute atomic E-state index is 0.148. The molecular weight excluding hydrogens is 534 g/mol. The normalized spacial score (nSPS) is 22.3. The number of nitrogens with zero attached hydrogens (tertiary/aromatic N) is 1. The summed E-state index contributed by atoms with van der Waals surface area (Å²) in [6, 6.07) is 50.7. The van der Waals surface area contributed by atoms with Gasteiger partial charge >= 0.3 is 0 Å². The zero-order valence-electron chi connectivity index (χ0n) is 25.4. The van der Waals surface area contributed by atoms with Crippen LogP contribution in [0.15, 0.2) is 158 Å². The van der Waals surface area contributed by atoms with E-state index < -0.39 is 16.9 Å². The molecule has 0 amide bonds. The van der Waals surface area contributed by atoms with Gasteiger partial charge in [0.25, 0.3) is 0 Å². The lowest BCUT2D eigenvalue weighted by molar-refractivity contribution is 0.0876. The Morgan fingerprint density at radius 2 is 1.23 bits per heavy atom. The summed E-state index contributed by atoms with van der Waals surface area (Å²) in [5.41, 5.74) is 7.80. The molecule has 7 rings (SSSR count). The first-order valence-corrected chi connectivity index (χ1v) is 15.6. The van der Waals surface area contributed by atoms with Crippen molar-refractivity contribution in [1.82, 2.24) is 0 Å². The molecule has 0 saturated heterocycles. The summed E-state index contributed by atoms with van der Waals surface area (Å²) in [4.78, 5) is 17.8. The van der Waals surface area contributed by atoms with Crippen LogP contribution in [0.1, 0.15) is 46.5 Å². The second-order valence-electron chi connectivity index (χ2n) is 12.2. The van der Waals surface area contributed by atoms with Crippen LogP contribution >= 0.6 is 0 Å². The van der Waals surface area contributed by atoms with Crippen molar-refractivity contribution in [2.75, 3.05) is 11.4 Å². The molecule has 0 unspecified atom stereocenters. The summed E-state index contributed by atoms with van der Waals surface area (Å²) in [5.74, 6) is -0.310. The Hall–Kier alpha value is -4.95. The molecule has 0 N–H and O–H groups in total. The molecule has 0 fully saturated rings. The number of Topliss-reactive ketones (excluding diaryl/α,β-unsaturated/α-hetero) is 1. The molecule has 5 aromatic carbocycles. The average Bonchev–Trinajstić information content (AvgIpc) is 3.28. The molecule has 3 atom stereocenters. The first-order valence-electron chi connectivity index (χ1n) is 15.6. The highest BCUT2D eigenvalue weighted by molar-refractivity contribution is 6.10. The van der Waals surface area contributed by atoms with Crippen LogP contribution in [0.4, 0.5) is 5.69 Å². The van der Waals surface area contributed by atoms with Gasteiger partial charge in [-0.3, -0.25) is 4.79 Å². The summed E-state index contributed by atoms with van der Waals surface area (Å²) in [7, 11) is 0. The smallest absolute Gasteiger partial charge is 0.173 e. The SMILES string of the molecule is CCN1c2ccccc2[C@](C)(Cc2ccccc2)[C@]12C=C(c1ccccc1)C=C(c1ccccc1)[C@@H]2C(=O)c1ccccc1. The number of carbonyl (C=O) groups is 1. The second-order valence-corrected chi connectivity index (χ2v) is 12.2. The number of anilines is 1. The Kier molecular flexibility index (Phi) is 7.14. The van der Waals surface area contributed by atoms with Crippen LogP contribution in [0, 0.1) is 5.92 Å². The third-order valence-electron chi connectivity index (χ3n) is 9.81. The first kappa shape index (κ1) is 27.9. The van der Waals surface area contributed by atoms with Gasteiger partial charge in [-0.1, -0.05) is 146 Å². The fourth-order valence-electron chi connectivity index (χ4n) is 7.91. The number of ketones is 1. The fraction of sp³-hybridized carbons (Fsp3) is 0.167. The van der Waals surface area contributed by atoms with E-state index in [9.17, 15) is 0 Å². The molecule has 1 aliphatic heterocycles. The number of hydrogen-bond donors (Lipinski definition) is 0. The van der Waals surface area contributed by atoms with Gasteiger partial charge in [-0.15, -0.1) is 0 Å². The molecule has 0 radical (unpaired) electrons. The summed E-state index contributed by atoms with van der Waals surface area (Å²) in [6.07, 6.45) is 5.52.